The van der Waals surface area contributed by atoms with Crippen molar-refractivity contribution in [3.8, 4) is 0 Å². The molecule has 4 aromatic rings. The fourth-order valence-electron chi connectivity index (χ4n) is 2.67. The zero-order chi connectivity index (χ0) is 19.3. The SMILES string of the molecule is S=C(Nc1cccnc1)Nc1ccc2ncnc(Nc3cccc(Br)c3)c2c1. The van der Waals surface area contributed by atoms with Gasteiger partial charge in [-0.2, -0.15) is 0 Å². The predicted molar refractivity (Wildman–Crippen MR) is 121 cm³/mol. The number of hydrogen-bond acceptors (Lipinski definition) is 5. The number of aromatic nitrogens is 3. The standard InChI is InChI=1S/C20H15BrN6S/c21-13-3-1-4-14(9-13)25-19-17-10-15(6-7-18(17)23-12-24-19)26-20(28)27-16-5-2-8-22-11-16/h1-12H,(H,23,24,25)(H2,26,27,28). The largest absolute Gasteiger partial charge is 0.340 e. The molecule has 28 heavy (non-hydrogen) atoms. The summed E-state index contributed by atoms with van der Waals surface area (Å²) in [5.74, 6) is 0.720. The van der Waals surface area contributed by atoms with Crippen LogP contribution in [-0.2, 0) is 0 Å². The number of halogens is 1. The summed E-state index contributed by atoms with van der Waals surface area (Å²) in [6, 6.07) is 17.5. The first kappa shape index (κ1) is 18.3. The zero-order valence-corrected chi connectivity index (χ0v) is 17.0. The van der Waals surface area contributed by atoms with E-state index < -0.39 is 0 Å². The average molecular weight is 451 g/mol. The molecule has 8 heteroatoms. The van der Waals surface area contributed by atoms with Crippen molar-refractivity contribution >= 4 is 67.0 Å². The predicted octanol–water partition coefficient (Wildman–Crippen LogP) is 5.34. The molecule has 0 bridgehead atoms. The topological polar surface area (TPSA) is 74.8 Å². The molecule has 0 radical (unpaired) electrons. The van der Waals surface area contributed by atoms with Gasteiger partial charge in [0.25, 0.3) is 0 Å². The lowest BCUT2D eigenvalue weighted by molar-refractivity contribution is 1.22. The maximum Gasteiger partial charge on any atom is 0.175 e. The molecule has 2 aromatic heterocycles. The Bertz CT molecular complexity index is 1140. The van der Waals surface area contributed by atoms with Crippen LogP contribution in [0.25, 0.3) is 10.9 Å². The Kier molecular flexibility index (Phi) is 5.41. The summed E-state index contributed by atoms with van der Waals surface area (Å²) < 4.78 is 0.991. The van der Waals surface area contributed by atoms with E-state index >= 15 is 0 Å². The lowest BCUT2D eigenvalue weighted by Crippen LogP contribution is -2.19. The molecule has 138 valence electrons. The third kappa shape index (κ3) is 4.41. The van der Waals surface area contributed by atoms with Gasteiger partial charge in [0, 0.05) is 27.4 Å². The molecule has 0 unspecified atom stereocenters. The van der Waals surface area contributed by atoms with E-state index in [0.29, 0.717) is 5.11 Å². The molecule has 0 aliphatic carbocycles. The van der Waals surface area contributed by atoms with Gasteiger partial charge in [0.05, 0.1) is 17.4 Å². The summed E-state index contributed by atoms with van der Waals surface area (Å²) in [7, 11) is 0. The van der Waals surface area contributed by atoms with E-state index in [2.05, 4.69) is 46.8 Å². The van der Waals surface area contributed by atoms with Crippen molar-refractivity contribution < 1.29 is 0 Å². The van der Waals surface area contributed by atoms with Gasteiger partial charge in [0.2, 0.25) is 0 Å². The van der Waals surface area contributed by atoms with Crippen LogP contribution in [0.1, 0.15) is 0 Å². The minimum absolute atomic E-state index is 0.477. The highest BCUT2D eigenvalue weighted by molar-refractivity contribution is 9.10. The summed E-state index contributed by atoms with van der Waals surface area (Å²) in [5, 5.41) is 11.0. The van der Waals surface area contributed by atoms with Crippen LogP contribution in [0.3, 0.4) is 0 Å². The molecule has 0 aliphatic rings. The van der Waals surface area contributed by atoms with E-state index in [1.165, 1.54) is 0 Å². The molecule has 3 N–H and O–H groups in total. The number of rotatable bonds is 4. The zero-order valence-electron chi connectivity index (χ0n) is 14.6. The van der Waals surface area contributed by atoms with Gasteiger partial charge in [-0.1, -0.05) is 22.0 Å². The smallest absolute Gasteiger partial charge is 0.175 e. The number of pyridine rings is 1. The Hall–Kier alpha value is -3.10. The Labute approximate surface area is 175 Å². The van der Waals surface area contributed by atoms with Crippen molar-refractivity contribution in [2.45, 2.75) is 0 Å². The molecule has 0 aliphatic heterocycles. The fourth-order valence-corrected chi connectivity index (χ4v) is 3.30. The molecule has 4 rings (SSSR count). The summed E-state index contributed by atoms with van der Waals surface area (Å²) in [6.07, 6.45) is 4.97. The van der Waals surface area contributed by atoms with E-state index in [-0.39, 0.29) is 0 Å². The van der Waals surface area contributed by atoms with Gasteiger partial charge in [0.15, 0.2) is 5.11 Å². The van der Waals surface area contributed by atoms with Crippen LogP contribution >= 0.6 is 28.1 Å². The van der Waals surface area contributed by atoms with Gasteiger partial charge in [-0.05, 0) is 60.7 Å². The van der Waals surface area contributed by atoms with Crippen LogP contribution in [0.4, 0.5) is 22.9 Å². The highest BCUT2D eigenvalue weighted by Crippen LogP contribution is 2.27. The van der Waals surface area contributed by atoms with Gasteiger partial charge >= 0.3 is 0 Å². The second-order valence-corrected chi connectivity index (χ2v) is 7.23. The second kappa shape index (κ2) is 8.28. The maximum absolute atomic E-state index is 5.39. The summed E-state index contributed by atoms with van der Waals surface area (Å²) in [5.41, 5.74) is 3.42. The van der Waals surface area contributed by atoms with E-state index in [0.717, 1.165) is 38.3 Å². The third-order valence-electron chi connectivity index (χ3n) is 3.90. The Morgan fingerprint density at radius 3 is 2.57 bits per heavy atom. The Balaban J connectivity index is 1.58. The lowest BCUT2D eigenvalue weighted by Gasteiger charge is -2.12. The van der Waals surface area contributed by atoms with Gasteiger partial charge in [-0.3, -0.25) is 4.98 Å². The summed E-state index contributed by atoms with van der Waals surface area (Å²) in [4.78, 5) is 12.8. The highest BCUT2D eigenvalue weighted by atomic mass is 79.9. The van der Waals surface area contributed by atoms with Crippen LogP contribution in [0, 0.1) is 0 Å². The van der Waals surface area contributed by atoms with Crippen LogP contribution in [0.15, 0.2) is 77.8 Å². The van der Waals surface area contributed by atoms with Crippen molar-refractivity contribution in [2.24, 2.45) is 0 Å². The van der Waals surface area contributed by atoms with E-state index in [1.54, 1.807) is 18.7 Å². The van der Waals surface area contributed by atoms with Gasteiger partial charge < -0.3 is 16.0 Å². The molecule has 0 spiro atoms. The van der Waals surface area contributed by atoms with Crippen LogP contribution in [-0.4, -0.2) is 20.1 Å². The monoisotopic (exact) mass is 450 g/mol. The van der Waals surface area contributed by atoms with Gasteiger partial charge in [-0.15, -0.1) is 0 Å². The van der Waals surface area contributed by atoms with Crippen molar-refractivity contribution in [1.82, 2.24) is 15.0 Å². The molecule has 2 aromatic carbocycles. The summed E-state index contributed by atoms with van der Waals surface area (Å²) >= 11 is 8.87. The number of anilines is 4. The Morgan fingerprint density at radius 2 is 1.75 bits per heavy atom. The minimum atomic E-state index is 0.477. The highest BCUT2D eigenvalue weighted by Gasteiger charge is 2.07. The van der Waals surface area contributed by atoms with Crippen molar-refractivity contribution in [2.75, 3.05) is 16.0 Å². The number of hydrogen-bond donors (Lipinski definition) is 3. The first-order valence-electron chi connectivity index (χ1n) is 8.43. The molecular weight excluding hydrogens is 436 g/mol. The van der Waals surface area contributed by atoms with E-state index in [9.17, 15) is 0 Å². The fraction of sp³-hybridized carbons (Fsp3) is 0. The number of fused-ring (bicyclic) bond motifs is 1. The van der Waals surface area contributed by atoms with Crippen molar-refractivity contribution in [3.05, 3.63) is 77.8 Å². The molecule has 0 saturated carbocycles. The number of nitrogens with one attached hydrogen (secondary N) is 3. The van der Waals surface area contributed by atoms with Gasteiger partial charge in [-0.25, -0.2) is 9.97 Å². The summed E-state index contributed by atoms with van der Waals surface area (Å²) in [6.45, 7) is 0. The molecule has 0 amide bonds. The van der Waals surface area contributed by atoms with E-state index in [1.807, 2.05) is 54.6 Å². The normalized spacial score (nSPS) is 10.5. The first-order valence-corrected chi connectivity index (χ1v) is 9.63. The molecule has 0 atom stereocenters. The van der Waals surface area contributed by atoms with E-state index in [4.69, 9.17) is 12.2 Å². The Morgan fingerprint density at radius 1 is 0.893 bits per heavy atom. The molecular formula is C20H15BrN6S. The maximum atomic E-state index is 5.39. The minimum Gasteiger partial charge on any atom is -0.340 e. The van der Waals surface area contributed by atoms with Gasteiger partial charge in [0.1, 0.15) is 12.1 Å². The molecule has 6 nitrogen and oxygen atoms in total. The molecule has 0 saturated heterocycles. The molecule has 2 heterocycles. The van der Waals surface area contributed by atoms with Crippen LogP contribution < -0.4 is 16.0 Å². The second-order valence-electron chi connectivity index (χ2n) is 5.91. The number of benzene rings is 2. The van der Waals surface area contributed by atoms with Crippen molar-refractivity contribution in [3.63, 3.8) is 0 Å². The average Bonchev–Trinajstić information content (AvgIpc) is 2.69. The van der Waals surface area contributed by atoms with Crippen LogP contribution in [0.2, 0.25) is 0 Å². The third-order valence-corrected chi connectivity index (χ3v) is 4.60. The quantitative estimate of drug-likeness (QED) is 0.362. The number of nitrogens with zero attached hydrogens (tertiary/aromatic N) is 3. The van der Waals surface area contributed by atoms with Crippen LogP contribution in [0.5, 0.6) is 0 Å². The molecule has 0 fully saturated rings. The lowest BCUT2D eigenvalue weighted by atomic mass is 10.2. The first-order chi connectivity index (χ1) is 13.7. The number of thiocarbonyl (C=S) groups is 1. The van der Waals surface area contributed by atoms with Crippen molar-refractivity contribution in [1.29, 1.82) is 0 Å².